The number of aromatic nitrogens is 2. The fourth-order valence-electron chi connectivity index (χ4n) is 2.99. The van der Waals surface area contributed by atoms with Crippen molar-refractivity contribution in [3.05, 3.63) is 46.7 Å². The Kier molecular flexibility index (Phi) is 5.36. The van der Waals surface area contributed by atoms with Crippen LogP contribution in [0.15, 0.2) is 46.8 Å². The zero-order valence-corrected chi connectivity index (χ0v) is 16.0. The summed E-state index contributed by atoms with van der Waals surface area (Å²) in [5, 5.41) is 5.83. The first-order valence-corrected chi connectivity index (χ1v) is 10.6. The summed E-state index contributed by atoms with van der Waals surface area (Å²) in [4.78, 5) is 25.3. The maximum Gasteiger partial charge on any atom is 0.230 e. The smallest absolute Gasteiger partial charge is 0.230 e. The van der Waals surface area contributed by atoms with Crippen LogP contribution in [0.4, 0.5) is 5.82 Å². The molecule has 7 heteroatoms. The molecule has 0 unspecified atom stereocenters. The minimum atomic E-state index is 0.0192. The van der Waals surface area contributed by atoms with Crippen molar-refractivity contribution in [1.29, 1.82) is 0 Å². The number of rotatable bonds is 6. The van der Waals surface area contributed by atoms with Crippen LogP contribution in [0.5, 0.6) is 0 Å². The van der Waals surface area contributed by atoms with Crippen LogP contribution in [0.1, 0.15) is 17.7 Å². The van der Waals surface area contributed by atoms with Gasteiger partial charge in [-0.3, -0.25) is 4.79 Å². The van der Waals surface area contributed by atoms with Crippen molar-refractivity contribution < 1.29 is 4.79 Å². The summed E-state index contributed by atoms with van der Waals surface area (Å²) in [5.41, 5.74) is 1.78. The number of nitrogens with zero attached hydrogens (tertiary/aromatic N) is 3. The Labute approximate surface area is 160 Å². The van der Waals surface area contributed by atoms with Crippen LogP contribution in [0.25, 0.3) is 11.0 Å². The van der Waals surface area contributed by atoms with Gasteiger partial charge in [-0.2, -0.15) is 0 Å². The Morgan fingerprint density at radius 3 is 2.62 bits per heavy atom. The van der Waals surface area contributed by atoms with E-state index < -0.39 is 0 Å². The molecule has 4 rings (SSSR count). The molecule has 0 saturated carbocycles. The molecule has 5 nitrogen and oxygen atoms in total. The van der Waals surface area contributed by atoms with Gasteiger partial charge in [0.2, 0.25) is 5.91 Å². The lowest BCUT2D eigenvalue weighted by atomic mass is 10.3. The minimum absolute atomic E-state index is 0.0192. The number of carbonyl (C=O) groups is 1. The van der Waals surface area contributed by atoms with Crippen molar-refractivity contribution in [2.45, 2.75) is 24.4 Å². The Bertz CT molecular complexity index is 892. The normalized spacial score (nSPS) is 14.1. The van der Waals surface area contributed by atoms with E-state index in [-0.39, 0.29) is 5.91 Å². The summed E-state index contributed by atoms with van der Waals surface area (Å²) < 4.78 is 0. The van der Waals surface area contributed by atoms with Crippen molar-refractivity contribution in [3.8, 4) is 0 Å². The summed E-state index contributed by atoms with van der Waals surface area (Å²) in [6, 6.07) is 11.9. The molecule has 3 heterocycles. The van der Waals surface area contributed by atoms with Crippen molar-refractivity contribution in [2.24, 2.45) is 0 Å². The highest BCUT2D eigenvalue weighted by molar-refractivity contribution is 8.00. The fraction of sp³-hybridized carbons (Fsp3) is 0.316. The van der Waals surface area contributed by atoms with E-state index in [2.05, 4.69) is 10.2 Å². The molecule has 0 bridgehead atoms. The number of fused-ring (bicyclic) bond motifs is 1. The molecule has 1 saturated heterocycles. The number of benzene rings is 1. The van der Waals surface area contributed by atoms with Gasteiger partial charge in [0.25, 0.3) is 0 Å². The van der Waals surface area contributed by atoms with E-state index in [1.165, 1.54) is 24.6 Å². The molecular formula is C19H20N4OS2. The molecule has 1 aliphatic rings. The van der Waals surface area contributed by atoms with Gasteiger partial charge in [0.15, 0.2) is 5.82 Å². The molecule has 1 N–H and O–H groups in total. The van der Waals surface area contributed by atoms with Crippen LogP contribution in [-0.4, -0.2) is 34.7 Å². The topological polar surface area (TPSA) is 58.1 Å². The van der Waals surface area contributed by atoms with E-state index in [1.807, 2.05) is 41.8 Å². The first-order valence-electron chi connectivity index (χ1n) is 8.73. The second kappa shape index (κ2) is 8.05. The van der Waals surface area contributed by atoms with Crippen LogP contribution >= 0.6 is 23.1 Å². The zero-order valence-electron chi connectivity index (χ0n) is 14.4. The quantitative estimate of drug-likeness (QED) is 0.657. The maximum absolute atomic E-state index is 12.2. The maximum atomic E-state index is 12.2. The Balaban J connectivity index is 1.48. The monoisotopic (exact) mass is 384 g/mol. The molecular weight excluding hydrogens is 364 g/mol. The van der Waals surface area contributed by atoms with Gasteiger partial charge < -0.3 is 10.2 Å². The van der Waals surface area contributed by atoms with Crippen molar-refractivity contribution >= 4 is 45.9 Å². The molecule has 0 atom stereocenters. The van der Waals surface area contributed by atoms with Crippen molar-refractivity contribution in [3.63, 3.8) is 0 Å². The molecule has 1 fully saturated rings. The summed E-state index contributed by atoms with van der Waals surface area (Å²) in [6.07, 6.45) is 2.36. The number of thiophene rings is 1. The predicted octanol–water partition coefficient (Wildman–Crippen LogP) is 3.70. The van der Waals surface area contributed by atoms with Crippen LogP contribution in [0, 0.1) is 0 Å². The third kappa shape index (κ3) is 3.99. The van der Waals surface area contributed by atoms with Crippen molar-refractivity contribution in [2.75, 3.05) is 23.7 Å². The summed E-state index contributed by atoms with van der Waals surface area (Å²) in [5.74, 6) is 1.28. The largest absolute Gasteiger partial charge is 0.354 e. The molecule has 1 amide bonds. The third-order valence-electron chi connectivity index (χ3n) is 4.31. The number of hydrogen-bond donors (Lipinski definition) is 1. The van der Waals surface area contributed by atoms with Crippen LogP contribution in [0.2, 0.25) is 0 Å². The van der Waals surface area contributed by atoms with Gasteiger partial charge in [0.05, 0.1) is 23.3 Å². The van der Waals surface area contributed by atoms with E-state index in [4.69, 9.17) is 9.97 Å². The first-order chi connectivity index (χ1) is 12.8. The lowest BCUT2D eigenvalue weighted by Gasteiger charge is -2.19. The fourth-order valence-corrected chi connectivity index (χ4v) is 4.47. The van der Waals surface area contributed by atoms with E-state index in [1.54, 1.807) is 11.3 Å². The van der Waals surface area contributed by atoms with Crippen LogP contribution in [-0.2, 0) is 11.3 Å². The number of para-hydroxylation sites is 2. The van der Waals surface area contributed by atoms with E-state index in [0.717, 1.165) is 39.8 Å². The lowest BCUT2D eigenvalue weighted by Crippen LogP contribution is -2.25. The van der Waals surface area contributed by atoms with Gasteiger partial charge in [-0.15, -0.1) is 11.3 Å². The van der Waals surface area contributed by atoms with E-state index in [0.29, 0.717) is 12.3 Å². The number of amides is 1. The number of nitrogens with one attached hydrogen (secondary N) is 1. The molecule has 0 aliphatic carbocycles. The highest BCUT2D eigenvalue weighted by Gasteiger charge is 2.20. The van der Waals surface area contributed by atoms with Gasteiger partial charge in [-0.1, -0.05) is 30.0 Å². The SMILES string of the molecule is O=C(CSc1nc2ccccc2nc1N1CCCC1)NCc1cccs1. The Morgan fingerprint density at radius 2 is 1.88 bits per heavy atom. The second-order valence-electron chi connectivity index (χ2n) is 6.18. The molecule has 0 spiro atoms. The second-order valence-corrected chi connectivity index (χ2v) is 8.18. The number of thioether (sulfide) groups is 1. The predicted molar refractivity (Wildman–Crippen MR) is 108 cm³/mol. The molecule has 26 heavy (non-hydrogen) atoms. The van der Waals surface area contributed by atoms with E-state index >= 15 is 0 Å². The molecule has 3 aromatic rings. The summed E-state index contributed by atoms with van der Waals surface area (Å²) in [6.45, 7) is 2.59. The average molecular weight is 385 g/mol. The molecule has 0 radical (unpaired) electrons. The highest BCUT2D eigenvalue weighted by Crippen LogP contribution is 2.31. The van der Waals surface area contributed by atoms with Gasteiger partial charge in [0, 0.05) is 18.0 Å². The van der Waals surface area contributed by atoms with Gasteiger partial charge >= 0.3 is 0 Å². The molecule has 1 aromatic carbocycles. The van der Waals surface area contributed by atoms with Crippen molar-refractivity contribution in [1.82, 2.24) is 15.3 Å². The van der Waals surface area contributed by atoms with Crippen LogP contribution in [0.3, 0.4) is 0 Å². The van der Waals surface area contributed by atoms with Crippen LogP contribution < -0.4 is 10.2 Å². The van der Waals surface area contributed by atoms with Gasteiger partial charge in [0.1, 0.15) is 5.03 Å². The number of hydrogen-bond acceptors (Lipinski definition) is 6. The Hall–Kier alpha value is -2.12. The highest BCUT2D eigenvalue weighted by atomic mass is 32.2. The average Bonchev–Trinajstić information content (AvgIpc) is 3.37. The van der Waals surface area contributed by atoms with Gasteiger partial charge in [-0.05, 0) is 36.4 Å². The standard InChI is InChI=1S/C19H20N4OS2/c24-17(20-12-14-6-5-11-25-14)13-26-19-18(23-9-3-4-10-23)21-15-7-1-2-8-16(15)22-19/h1-2,5-8,11H,3-4,9-10,12-13H2,(H,20,24). The number of anilines is 1. The summed E-state index contributed by atoms with van der Waals surface area (Å²) in [7, 11) is 0. The molecule has 2 aromatic heterocycles. The number of carbonyl (C=O) groups excluding carboxylic acids is 1. The Morgan fingerprint density at radius 1 is 1.12 bits per heavy atom. The van der Waals surface area contributed by atoms with E-state index in [9.17, 15) is 4.79 Å². The molecule has 1 aliphatic heterocycles. The summed E-state index contributed by atoms with van der Waals surface area (Å²) >= 11 is 3.12. The minimum Gasteiger partial charge on any atom is -0.354 e. The van der Waals surface area contributed by atoms with Gasteiger partial charge in [-0.25, -0.2) is 9.97 Å². The lowest BCUT2D eigenvalue weighted by molar-refractivity contribution is -0.118. The third-order valence-corrected chi connectivity index (χ3v) is 6.14. The molecule has 134 valence electrons. The zero-order chi connectivity index (χ0) is 17.8. The first kappa shape index (κ1) is 17.3.